The van der Waals surface area contributed by atoms with Crippen molar-refractivity contribution in [1.29, 1.82) is 0 Å². The van der Waals surface area contributed by atoms with Gasteiger partial charge in [-0.25, -0.2) is 0 Å². The molecular formula is C6H17O3PS. The minimum absolute atomic E-state index is 0.170. The van der Waals surface area contributed by atoms with Crippen molar-refractivity contribution < 1.29 is 14.7 Å². The van der Waals surface area contributed by atoms with E-state index in [1.54, 1.807) is 11.8 Å². The van der Waals surface area contributed by atoms with Crippen molar-refractivity contribution in [2.45, 2.75) is 19.8 Å². The van der Waals surface area contributed by atoms with E-state index in [1.807, 2.05) is 0 Å². The van der Waals surface area contributed by atoms with Crippen LogP contribution in [-0.4, -0.2) is 32.3 Å². The van der Waals surface area contributed by atoms with Gasteiger partial charge in [0.05, 0.1) is 0 Å². The Balaban J connectivity index is 3.02. The predicted octanol–water partition coefficient (Wildman–Crippen LogP) is 0.991. The fourth-order valence-corrected chi connectivity index (χ4v) is 2.41. The number of rotatable bonds is 6. The molecule has 0 aliphatic heterocycles. The van der Waals surface area contributed by atoms with E-state index in [2.05, 4.69) is 6.92 Å². The topological polar surface area (TPSA) is 60.7 Å². The molecule has 0 bridgehead atoms. The molecule has 0 atom stereocenters. The van der Waals surface area contributed by atoms with Crippen molar-refractivity contribution in [2.75, 3.05) is 17.7 Å². The van der Waals surface area contributed by atoms with Gasteiger partial charge in [-0.3, -0.25) is 0 Å². The van der Waals surface area contributed by atoms with Gasteiger partial charge in [-0.2, -0.15) is 0 Å². The first kappa shape index (κ1) is 11.7. The molecule has 3 nitrogen and oxygen atoms in total. The molecule has 70 valence electrons. The molecule has 5 heteroatoms. The summed E-state index contributed by atoms with van der Waals surface area (Å²) in [5.74, 6) is 2.01. The van der Waals surface area contributed by atoms with Gasteiger partial charge >= 0.3 is 71.8 Å². The molecule has 0 radical (unpaired) electrons. The molecule has 0 saturated heterocycles. The van der Waals surface area contributed by atoms with Gasteiger partial charge in [-0.15, -0.1) is 0 Å². The molecule has 0 heterocycles. The zero-order valence-electron chi connectivity index (χ0n) is 6.79. The molecule has 11 heavy (non-hydrogen) atoms. The Kier molecular flexibility index (Phi) is 6.58. The Morgan fingerprint density at radius 1 is 1.18 bits per heavy atom. The molecule has 0 aliphatic carbocycles. The van der Waals surface area contributed by atoms with E-state index >= 15 is 0 Å². The Morgan fingerprint density at radius 3 is 2.27 bits per heavy atom. The van der Waals surface area contributed by atoms with Crippen molar-refractivity contribution in [3.63, 3.8) is 0 Å². The fraction of sp³-hybridized carbons (Fsp3) is 1.00. The molecule has 0 aromatic carbocycles. The van der Waals surface area contributed by atoms with Crippen LogP contribution in [0.5, 0.6) is 0 Å². The van der Waals surface area contributed by atoms with E-state index in [9.17, 15) is 0 Å². The van der Waals surface area contributed by atoms with E-state index in [0.717, 1.165) is 17.9 Å². The summed E-state index contributed by atoms with van der Waals surface area (Å²) in [4.78, 5) is 25.8. The second-order valence-corrected chi connectivity index (χ2v) is 5.76. The summed E-state index contributed by atoms with van der Waals surface area (Å²) in [7, 11) is -3.73. The average Bonchev–Trinajstić information content (AvgIpc) is 1.85. The number of hydrogen-bond acceptors (Lipinski definition) is 4. The average molecular weight is 200 g/mol. The van der Waals surface area contributed by atoms with Crippen LogP contribution in [0.2, 0.25) is 0 Å². The molecule has 0 saturated carbocycles. The Hall–Kier alpha value is 0.660. The molecule has 0 rings (SSSR count). The molecule has 0 unspecified atom stereocenters. The van der Waals surface area contributed by atoms with Crippen molar-refractivity contribution in [3.05, 3.63) is 0 Å². The molecule has 0 aliphatic rings. The summed E-state index contributed by atoms with van der Waals surface area (Å²) in [6, 6.07) is 0. The van der Waals surface area contributed by atoms with Crippen LogP contribution in [0.25, 0.3) is 0 Å². The Labute approximate surface area is 72.4 Å². The van der Waals surface area contributed by atoms with Crippen LogP contribution in [0.3, 0.4) is 0 Å². The van der Waals surface area contributed by atoms with E-state index < -0.39 is 7.94 Å². The van der Waals surface area contributed by atoms with E-state index in [0.29, 0.717) is 6.42 Å². The first-order valence-electron chi connectivity index (χ1n) is 3.81. The SMILES string of the molecule is CCCSCCC[PH](O)(O)O. The molecule has 0 aromatic rings. The van der Waals surface area contributed by atoms with Gasteiger partial charge in [0.2, 0.25) is 0 Å². The minimum atomic E-state index is -3.73. The summed E-state index contributed by atoms with van der Waals surface area (Å²) < 4.78 is 0. The maximum atomic E-state index is 8.61. The molecule has 3 N–H and O–H groups in total. The zero-order chi connectivity index (χ0) is 8.74. The molecule has 0 spiro atoms. The van der Waals surface area contributed by atoms with Crippen LogP contribution < -0.4 is 0 Å². The summed E-state index contributed by atoms with van der Waals surface area (Å²) in [5, 5.41) is 0. The third-order valence-electron chi connectivity index (χ3n) is 1.15. The standard InChI is InChI=1S/C6H17O3PS/c1-2-5-11-6-3-4-10(7,8)9/h7-10H,2-6H2,1H3. The van der Waals surface area contributed by atoms with Crippen LogP contribution in [0.1, 0.15) is 19.8 Å². The molecule has 0 amide bonds. The van der Waals surface area contributed by atoms with Gasteiger partial charge in [0, 0.05) is 0 Å². The number of hydrogen-bond donors (Lipinski definition) is 3. The second kappa shape index (κ2) is 6.21. The molecule has 0 fully saturated rings. The first-order valence-corrected chi connectivity index (χ1v) is 7.01. The third kappa shape index (κ3) is 10.7. The van der Waals surface area contributed by atoms with E-state index in [-0.39, 0.29) is 6.16 Å². The van der Waals surface area contributed by atoms with Gasteiger partial charge in [0.25, 0.3) is 0 Å². The van der Waals surface area contributed by atoms with Crippen LogP contribution in [-0.2, 0) is 0 Å². The van der Waals surface area contributed by atoms with Crippen molar-refractivity contribution in [1.82, 2.24) is 0 Å². The van der Waals surface area contributed by atoms with Crippen LogP contribution in [0, 0.1) is 0 Å². The van der Waals surface area contributed by atoms with Gasteiger partial charge in [-0.05, 0) is 0 Å². The second-order valence-electron chi connectivity index (χ2n) is 2.49. The van der Waals surface area contributed by atoms with E-state index in [1.165, 1.54) is 0 Å². The summed E-state index contributed by atoms with van der Waals surface area (Å²) in [5.41, 5.74) is 0. The normalized spacial score (nSPS) is 13.5. The number of thioether (sulfide) groups is 1. The van der Waals surface area contributed by atoms with Crippen LogP contribution in [0.4, 0.5) is 0 Å². The predicted molar refractivity (Wildman–Crippen MR) is 52.1 cm³/mol. The fourth-order valence-electron chi connectivity index (χ4n) is 0.658. The quantitative estimate of drug-likeness (QED) is 0.442. The Morgan fingerprint density at radius 2 is 1.82 bits per heavy atom. The maximum absolute atomic E-state index is 8.61. The van der Waals surface area contributed by atoms with Gasteiger partial charge in [-0.1, -0.05) is 0 Å². The Bertz CT molecular complexity index is 94.3. The summed E-state index contributed by atoms with van der Waals surface area (Å²) >= 11 is 1.78. The van der Waals surface area contributed by atoms with E-state index in [4.69, 9.17) is 14.7 Å². The van der Waals surface area contributed by atoms with Gasteiger partial charge < -0.3 is 0 Å². The van der Waals surface area contributed by atoms with Gasteiger partial charge in [0.1, 0.15) is 0 Å². The monoisotopic (exact) mass is 200 g/mol. The van der Waals surface area contributed by atoms with Crippen LogP contribution >= 0.6 is 19.7 Å². The van der Waals surface area contributed by atoms with Crippen molar-refractivity contribution in [2.24, 2.45) is 0 Å². The molecular weight excluding hydrogens is 183 g/mol. The first-order chi connectivity index (χ1) is 5.06. The zero-order valence-corrected chi connectivity index (χ0v) is 8.60. The van der Waals surface area contributed by atoms with Crippen molar-refractivity contribution in [3.8, 4) is 0 Å². The van der Waals surface area contributed by atoms with Crippen molar-refractivity contribution >= 4 is 19.7 Å². The third-order valence-corrected chi connectivity index (χ3v) is 3.45. The van der Waals surface area contributed by atoms with Crippen LogP contribution in [0.15, 0.2) is 0 Å². The molecule has 0 aromatic heterocycles. The summed E-state index contributed by atoms with van der Waals surface area (Å²) in [6.07, 6.45) is 2.01. The summed E-state index contributed by atoms with van der Waals surface area (Å²) in [6.45, 7) is 2.11. The van der Waals surface area contributed by atoms with Gasteiger partial charge in [0.15, 0.2) is 0 Å².